The van der Waals surface area contributed by atoms with Gasteiger partial charge in [-0.1, -0.05) is 0 Å². The van der Waals surface area contributed by atoms with Crippen molar-refractivity contribution >= 4 is 22.4 Å². The van der Waals surface area contributed by atoms with Crippen LogP contribution in [0.3, 0.4) is 0 Å². The van der Waals surface area contributed by atoms with Crippen molar-refractivity contribution < 1.29 is 9.15 Å². The molecular weight excluding hydrogens is 406 g/mol. The highest BCUT2D eigenvalue weighted by Gasteiger charge is 2.29. The fraction of sp³-hybridized carbons (Fsp3) is 0.435. The zero-order valence-corrected chi connectivity index (χ0v) is 18.3. The molecule has 32 heavy (non-hydrogen) atoms. The minimum absolute atomic E-state index is 0.133. The Labute approximate surface area is 185 Å². The Morgan fingerprint density at radius 3 is 2.84 bits per heavy atom. The molecule has 6 rings (SSSR count). The van der Waals surface area contributed by atoms with E-state index in [2.05, 4.69) is 39.0 Å². The topological polar surface area (TPSA) is 98.0 Å². The van der Waals surface area contributed by atoms with Crippen LogP contribution < -0.4 is 15.4 Å². The van der Waals surface area contributed by atoms with Gasteiger partial charge in [0.15, 0.2) is 11.4 Å². The molecule has 1 saturated carbocycles. The van der Waals surface area contributed by atoms with Crippen LogP contribution in [0.2, 0.25) is 0 Å². The van der Waals surface area contributed by atoms with Gasteiger partial charge in [0, 0.05) is 37.4 Å². The molecule has 9 nitrogen and oxygen atoms in total. The number of nitrogens with zero attached hydrogens (tertiary/aromatic N) is 6. The van der Waals surface area contributed by atoms with Gasteiger partial charge >= 0.3 is 0 Å². The van der Waals surface area contributed by atoms with Crippen LogP contribution >= 0.6 is 0 Å². The number of nitrogens with two attached hydrogens (primary N) is 1. The Bertz CT molecular complexity index is 1270. The van der Waals surface area contributed by atoms with Crippen LogP contribution in [0.15, 0.2) is 41.1 Å². The molecule has 166 valence electrons. The third-order valence-corrected chi connectivity index (χ3v) is 6.63. The molecule has 5 heterocycles. The third kappa shape index (κ3) is 3.28. The van der Waals surface area contributed by atoms with Crippen molar-refractivity contribution in [2.75, 3.05) is 32.1 Å². The van der Waals surface area contributed by atoms with Crippen LogP contribution in [0.1, 0.15) is 19.3 Å². The van der Waals surface area contributed by atoms with Gasteiger partial charge in [-0.15, -0.1) is 5.10 Å². The second-order valence-corrected chi connectivity index (χ2v) is 9.07. The third-order valence-electron chi connectivity index (χ3n) is 6.63. The fourth-order valence-electron chi connectivity index (χ4n) is 4.64. The first-order valence-corrected chi connectivity index (χ1v) is 11.1. The highest BCUT2D eigenvalue weighted by molar-refractivity contribution is 5.92. The number of furan rings is 1. The van der Waals surface area contributed by atoms with E-state index in [-0.39, 0.29) is 12.1 Å². The summed E-state index contributed by atoms with van der Waals surface area (Å²) in [5, 5.41) is 5.66. The van der Waals surface area contributed by atoms with Gasteiger partial charge in [-0.25, -0.2) is 14.5 Å². The van der Waals surface area contributed by atoms with Crippen molar-refractivity contribution in [2.45, 2.75) is 37.5 Å². The van der Waals surface area contributed by atoms with E-state index in [9.17, 15) is 0 Å². The van der Waals surface area contributed by atoms with Gasteiger partial charge < -0.3 is 24.7 Å². The van der Waals surface area contributed by atoms with E-state index < -0.39 is 0 Å². The maximum absolute atomic E-state index is 6.23. The molecule has 4 aromatic rings. The zero-order chi connectivity index (χ0) is 21.8. The molecule has 0 radical (unpaired) electrons. The quantitative estimate of drug-likeness (QED) is 0.513. The Kier molecular flexibility index (Phi) is 4.55. The van der Waals surface area contributed by atoms with E-state index >= 15 is 0 Å². The van der Waals surface area contributed by atoms with Crippen LogP contribution in [0.4, 0.5) is 5.82 Å². The molecule has 1 atom stereocenters. The largest absolute Gasteiger partial charge is 0.473 e. The molecule has 0 amide bonds. The lowest BCUT2D eigenvalue weighted by atomic mass is 9.90. The Hall–Kier alpha value is -3.17. The number of hydrogen-bond acceptors (Lipinski definition) is 8. The summed E-state index contributed by atoms with van der Waals surface area (Å²) in [6.45, 7) is 1.94. The second kappa shape index (κ2) is 7.46. The van der Waals surface area contributed by atoms with Gasteiger partial charge in [0.25, 0.3) is 0 Å². The maximum Gasteiger partial charge on any atom is 0.232 e. The van der Waals surface area contributed by atoms with Crippen molar-refractivity contribution in [3.63, 3.8) is 0 Å². The molecule has 9 heteroatoms. The minimum atomic E-state index is 0.133. The first kappa shape index (κ1) is 19.5. The number of aromatic nitrogens is 4. The van der Waals surface area contributed by atoms with Crippen LogP contribution in [0.25, 0.3) is 28.1 Å². The van der Waals surface area contributed by atoms with Gasteiger partial charge in [0.1, 0.15) is 23.2 Å². The molecule has 2 N–H and O–H groups in total. The number of ether oxygens (including phenoxy) is 1. The summed E-state index contributed by atoms with van der Waals surface area (Å²) in [5.74, 6) is 2.24. The smallest absolute Gasteiger partial charge is 0.232 e. The fourth-order valence-corrected chi connectivity index (χ4v) is 4.64. The van der Waals surface area contributed by atoms with Crippen LogP contribution in [-0.4, -0.2) is 69.9 Å². The summed E-state index contributed by atoms with van der Waals surface area (Å²) >= 11 is 0. The highest BCUT2D eigenvalue weighted by atomic mass is 16.5. The average Bonchev–Trinajstić information content (AvgIpc) is 3.49. The monoisotopic (exact) mass is 433 g/mol. The minimum Gasteiger partial charge on any atom is -0.473 e. The predicted octanol–water partition coefficient (Wildman–Crippen LogP) is 2.55. The molecule has 0 unspecified atom stereocenters. The van der Waals surface area contributed by atoms with Gasteiger partial charge in [0.05, 0.1) is 11.6 Å². The zero-order valence-electron chi connectivity index (χ0n) is 18.3. The Balaban J connectivity index is 1.34. The summed E-state index contributed by atoms with van der Waals surface area (Å²) < 4.78 is 14.0. The number of pyridine rings is 1. The number of likely N-dealkylation sites (N-methyl/N-ethyl adjacent to an activating group) is 1. The van der Waals surface area contributed by atoms with Crippen molar-refractivity contribution in [3.8, 4) is 17.3 Å². The molecular formula is C23H27N7O2. The highest BCUT2D eigenvalue weighted by Crippen LogP contribution is 2.34. The van der Waals surface area contributed by atoms with E-state index in [1.807, 2.05) is 30.5 Å². The van der Waals surface area contributed by atoms with E-state index in [0.29, 0.717) is 17.7 Å². The van der Waals surface area contributed by atoms with Gasteiger partial charge in [-0.2, -0.15) is 0 Å². The Morgan fingerprint density at radius 2 is 2.06 bits per heavy atom. The van der Waals surface area contributed by atoms with Gasteiger partial charge in [-0.3, -0.25) is 0 Å². The summed E-state index contributed by atoms with van der Waals surface area (Å²) in [5.41, 5.74) is 8.21. The summed E-state index contributed by atoms with van der Waals surface area (Å²) in [7, 11) is 4.26. The molecule has 2 fully saturated rings. The molecule has 1 aliphatic carbocycles. The lowest BCUT2D eigenvalue weighted by Gasteiger charge is -2.31. The van der Waals surface area contributed by atoms with Gasteiger partial charge in [0.2, 0.25) is 5.88 Å². The van der Waals surface area contributed by atoms with E-state index in [4.69, 9.17) is 14.9 Å². The van der Waals surface area contributed by atoms with Crippen molar-refractivity contribution in [3.05, 3.63) is 36.7 Å². The van der Waals surface area contributed by atoms with Crippen molar-refractivity contribution in [1.29, 1.82) is 0 Å². The lowest BCUT2D eigenvalue weighted by molar-refractivity contribution is 0.0944. The molecule has 0 spiro atoms. The lowest BCUT2D eigenvalue weighted by Crippen LogP contribution is -2.43. The standard InChI is InChI=1S/C23H27N7O2/c1-28(2)15-6-8-29(13-15)23-17-11-20(32-19(17)5-7-25-23)18-12-26-21-3-4-22(27-30(18)21)31-16-9-14(24)10-16/h3-5,7,11-12,14-16H,6,8-10,13,24H2,1-2H3/t14-,15-,16-/m1/s1. The first-order chi connectivity index (χ1) is 15.5. The van der Waals surface area contributed by atoms with Crippen molar-refractivity contribution in [1.82, 2.24) is 24.5 Å². The average molecular weight is 434 g/mol. The molecule has 1 saturated heterocycles. The molecule has 1 aliphatic heterocycles. The van der Waals surface area contributed by atoms with E-state index in [1.54, 1.807) is 10.7 Å². The van der Waals surface area contributed by atoms with Crippen LogP contribution in [-0.2, 0) is 0 Å². The normalized spacial score (nSPS) is 23.4. The maximum atomic E-state index is 6.23. The summed E-state index contributed by atoms with van der Waals surface area (Å²) in [6.07, 6.45) is 6.58. The number of rotatable bonds is 5. The summed E-state index contributed by atoms with van der Waals surface area (Å²) in [6, 6.07) is 8.48. The molecule has 2 aliphatic rings. The molecule has 0 bridgehead atoms. The summed E-state index contributed by atoms with van der Waals surface area (Å²) in [4.78, 5) is 13.8. The number of imidazole rings is 1. The van der Waals surface area contributed by atoms with E-state index in [0.717, 1.165) is 60.5 Å². The number of fused-ring (bicyclic) bond motifs is 2. The van der Waals surface area contributed by atoms with Crippen LogP contribution in [0, 0.1) is 0 Å². The number of hydrogen-bond donors (Lipinski definition) is 1. The first-order valence-electron chi connectivity index (χ1n) is 11.1. The number of anilines is 1. The van der Waals surface area contributed by atoms with Crippen LogP contribution in [0.5, 0.6) is 5.88 Å². The SMILES string of the molecule is CN(C)[C@@H]1CCN(c2nccc3oc(-c4cnc5ccc(O[C@H]6C[C@H](N)C6)nn45)cc23)C1. The van der Waals surface area contributed by atoms with Gasteiger partial charge in [-0.05, 0) is 51.6 Å². The molecule has 4 aromatic heterocycles. The van der Waals surface area contributed by atoms with Crippen molar-refractivity contribution in [2.24, 2.45) is 5.73 Å². The molecule has 0 aromatic carbocycles. The Morgan fingerprint density at radius 1 is 1.19 bits per heavy atom. The van der Waals surface area contributed by atoms with E-state index in [1.165, 1.54) is 0 Å². The second-order valence-electron chi connectivity index (χ2n) is 9.07. The predicted molar refractivity (Wildman–Crippen MR) is 122 cm³/mol.